The predicted octanol–water partition coefficient (Wildman–Crippen LogP) is 3.31. The molecule has 0 saturated heterocycles. The fourth-order valence-corrected chi connectivity index (χ4v) is 1.52. The Balaban J connectivity index is 2.28. The van der Waals surface area contributed by atoms with E-state index < -0.39 is 0 Å². The van der Waals surface area contributed by atoms with Gasteiger partial charge in [0.15, 0.2) is 0 Å². The Labute approximate surface area is 99.7 Å². The first-order chi connectivity index (χ1) is 8.20. The average Bonchev–Trinajstić information content (AvgIpc) is 2.35. The zero-order valence-corrected chi connectivity index (χ0v) is 9.79. The van der Waals surface area contributed by atoms with Gasteiger partial charge in [0, 0.05) is 18.3 Å². The minimum atomic E-state index is -0.222. The van der Waals surface area contributed by atoms with Crippen molar-refractivity contribution in [1.82, 2.24) is 4.98 Å². The Morgan fingerprint density at radius 1 is 1.06 bits per heavy atom. The summed E-state index contributed by atoms with van der Waals surface area (Å²) in [6, 6.07) is 10.5. The van der Waals surface area contributed by atoms with E-state index in [1.165, 1.54) is 6.07 Å². The highest BCUT2D eigenvalue weighted by Gasteiger charge is 2.04. The van der Waals surface area contributed by atoms with E-state index in [-0.39, 0.29) is 5.82 Å². The molecule has 0 aliphatic heterocycles. The molecule has 0 bridgehead atoms. The molecular formula is C13H14FN3. The number of nitrogens with one attached hydrogen (secondary N) is 2. The molecule has 1 heterocycles. The minimum absolute atomic E-state index is 0.222. The lowest BCUT2D eigenvalue weighted by Crippen LogP contribution is -1.99. The van der Waals surface area contributed by atoms with Crippen molar-refractivity contribution in [2.75, 3.05) is 17.7 Å². The second kappa shape index (κ2) is 4.82. The summed E-state index contributed by atoms with van der Waals surface area (Å²) in [5.74, 6) is 1.23. The van der Waals surface area contributed by atoms with E-state index in [2.05, 4.69) is 15.6 Å². The van der Waals surface area contributed by atoms with E-state index in [9.17, 15) is 4.39 Å². The number of anilines is 3. The number of benzene rings is 1. The van der Waals surface area contributed by atoms with E-state index in [0.717, 1.165) is 11.5 Å². The largest absolute Gasteiger partial charge is 0.373 e. The summed E-state index contributed by atoms with van der Waals surface area (Å²) in [5, 5.41) is 6.05. The second-order valence-corrected chi connectivity index (χ2v) is 3.70. The molecule has 0 amide bonds. The van der Waals surface area contributed by atoms with Gasteiger partial charge >= 0.3 is 0 Å². The van der Waals surface area contributed by atoms with Crippen LogP contribution < -0.4 is 10.6 Å². The van der Waals surface area contributed by atoms with Gasteiger partial charge in [-0.05, 0) is 31.2 Å². The molecule has 4 heteroatoms. The first kappa shape index (κ1) is 11.4. The van der Waals surface area contributed by atoms with Crippen LogP contribution in [0, 0.1) is 12.7 Å². The molecule has 0 spiro atoms. The number of nitrogens with zero attached hydrogens (tertiary/aromatic N) is 1. The smallest absolute Gasteiger partial charge is 0.132 e. The van der Waals surface area contributed by atoms with Gasteiger partial charge < -0.3 is 10.6 Å². The fraction of sp³-hybridized carbons (Fsp3) is 0.154. The van der Waals surface area contributed by atoms with Crippen molar-refractivity contribution in [3.63, 3.8) is 0 Å². The van der Waals surface area contributed by atoms with Gasteiger partial charge in [0.05, 0.1) is 0 Å². The maximum absolute atomic E-state index is 13.4. The second-order valence-electron chi connectivity index (χ2n) is 3.70. The van der Waals surface area contributed by atoms with Gasteiger partial charge in [-0.1, -0.05) is 12.1 Å². The van der Waals surface area contributed by atoms with E-state index in [1.54, 1.807) is 20.0 Å². The number of hydrogen-bond donors (Lipinski definition) is 2. The van der Waals surface area contributed by atoms with Crippen molar-refractivity contribution in [3.05, 3.63) is 47.8 Å². The fourth-order valence-electron chi connectivity index (χ4n) is 1.52. The Morgan fingerprint density at radius 3 is 2.53 bits per heavy atom. The summed E-state index contributed by atoms with van der Waals surface area (Å²) >= 11 is 0. The molecule has 0 saturated carbocycles. The molecule has 1 aromatic heterocycles. The number of hydrogen-bond acceptors (Lipinski definition) is 3. The molecule has 0 aliphatic carbocycles. The molecule has 0 atom stereocenters. The molecular weight excluding hydrogens is 217 g/mol. The van der Waals surface area contributed by atoms with Crippen molar-refractivity contribution < 1.29 is 4.39 Å². The van der Waals surface area contributed by atoms with Crippen LogP contribution >= 0.6 is 0 Å². The molecule has 3 nitrogen and oxygen atoms in total. The topological polar surface area (TPSA) is 37.0 Å². The zero-order chi connectivity index (χ0) is 12.3. The van der Waals surface area contributed by atoms with Gasteiger partial charge in [-0.15, -0.1) is 0 Å². The molecule has 2 aromatic rings. The van der Waals surface area contributed by atoms with Gasteiger partial charge in [-0.2, -0.15) is 0 Å². The van der Waals surface area contributed by atoms with Crippen LogP contribution in [-0.4, -0.2) is 12.0 Å². The van der Waals surface area contributed by atoms with Crippen LogP contribution in [-0.2, 0) is 0 Å². The van der Waals surface area contributed by atoms with Gasteiger partial charge in [-0.3, -0.25) is 0 Å². The zero-order valence-electron chi connectivity index (χ0n) is 9.79. The van der Waals surface area contributed by atoms with Crippen LogP contribution in [0.4, 0.5) is 21.7 Å². The Hall–Kier alpha value is -2.10. The number of aromatic nitrogens is 1. The lowest BCUT2D eigenvalue weighted by atomic mass is 10.2. The monoisotopic (exact) mass is 231 g/mol. The molecule has 2 N–H and O–H groups in total. The van der Waals surface area contributed by atoms with Crippen molar-refractivity contribution in [1.29, 1.82) is 0 Å². The lowest BCUT2D eigenvalue weighted by Gasteiger charge is -2.10. The lowest BCUT2D eigenvalue weighted by molar-refractivity contribution is 0.619. The standard InChI is InChI=1S/C13H14FN3/c1-9-10(14)5-3-6-11(9)16-13-8-4-7-12(15-2)17-13/h3-8H,1-2H3,(H2,15,16,17). The quantitative estimate of drug-likeness (QED) is 0.850. The first-order valence-electron chi connectivity index (χ1n) is 5.37. The molecule has 17 heavy (non-hydrogen) atoms. The van der Waals surface area contributed by atoms with E-state index in [1.807, 2.05) is 24.3 Å². The third-order valence-electron chi connectivity index (χ3n) is 2.54. The Kier molecular flexibility index (Phi) is 3.23. The summed E-state index contributed by atoms with van der Waals surface area (Å²) in [4.78, 5) is 4.31. The van der Waals surface area contributed by atoms with E-state index >= 15 is 0 Å². The molecule has 0 unspecified atom stereocenters. The van der Waals surface area contributed by atoms with Gasteiger partial charge in [0.2, 0.25) is 0 Å². The summed E-state index contributed by atoms with van der Waals surface area (Å²) in [7, 11) is 1.81. The number of halogens is 1. The normalized spacial score (nSPS) is 10.1. The summed E-state index contributed by atoms with van der Waals surface area (Å²) in [6.07, 6.45) is 0. The summed E-state index contributed by atoms with van der Waals surface area (Å²) in [5.41, 5.74) is 1.31. The molecule has 0 fully saturated rings. The molecule has 0 radical (unpaired) electrons. The number of pyridine rings is 1. The van der Waals surface area contributed by atoms with Crippen LogP contribution in [0.2, 0.25) is 0 Å². The van der Waals surface area contributed by atoms with Crippen LogP contribution in [0.1, 0.15) is 5.56 Å². The highest BCUT2D eigenvalue weighted by molar-refractivity contribution is 5.61. The third kappa shape index (κ3) is 2.53. The minimum Gasteiger partial charge on any atom is -0.373 e. The summed E-state index contributed by atoms with van der Waals surface area (Å²) in [6.45, 7) is 1.74. The van der Waals surface area contributed by atoms with Crippen LogP contribution in [0.3, 0.4) is 0 Å². The van der Waals surface area contributed by atoms with Crippen molar-refractivity contribution in [2.24, 2.45) is 0 Å². The van der Waals surface area contributed by atoms with Crippen molar-refractivity contribution in [2.45, 2.75) is 6.92 Å². The Morgan fingerprint density at radius 2 is 1.76 bits per heavy atom. The summed E-state index contributed by atoms with van der Waals surface area (Å²) < 4.78 is 13.4. The maximum Gasteiger partial charge on any atom is 0.132 e. The molecule has 1 aromatic carbocycles. The molecule has 88 valence electrons. The van der Waals surface area contributed by atoms with Crippen molar-refractivity contribution >= 4 is 17.3 Å². The first-order valence-corrected chi connectivity index (χ1v) is 5.37. The Bertz CT molecular complexity index is 526. The average molecular weight is 231 g/mol. The molecule has 2 rings (SSSR count). The SMILES string of the molecule is CNc1cccc(Nc2cccc(F)c2C)n1. The maximum atomic E-state index is 13.4. The van der Waals surface area contributed by atoms with Crippen molar-refractivity contribution in [3.8, 4) is 0 Å². The highest BCUT2D eigenvalue weighted by atomic mass is 19.1. The van der Waals surface area contributed by atoms with Gasteiger partial charge in [-0.25, -0.2) is 9.37 Å². The van der Waals surface area contributed by atoms with Crippen LogP contribution in [0.5, 0.6) is 0 Å². The van der Waals surface area contributed by atoms with E-state index in [0.29, 0.717) is 11.4 Å². The van der Waals surface area contributed by atoms with Crippen LogP contribution in [0.15, 0.2) is 36.4 Å². The van der Waals surface area contributed by atoms with Gasteiger partial charge in [0.1, 0.15) is 17.5 Å². The van der Waals surface area contributed by atoms with E-state index in [4.69, 9.17) is 0 Å². The predicted molar refractivity (Wildman–Crippen MR) is 68.2 cm³/mol. The highest BCUT2D eigenvalue weighted by Crippen LogP contribution is 2.21. The third-order valence-corrected chi connectivity index (χ3v) is 2.54. The van der Waals surface area contributed by atoms with Crippen LogP contribution in [0.25, 0.3) is 0 Å². The number of rotatable bonds is 3. The molecule has 0 aliphatic rings. The van der Waals surface area contributed by atoms with Gasteiger partial charge in [0.25, 0.3) is 0 Å².